The maximum Gasteiger partial charge on any atom is 0.192 e. The third-order valence-electron chi connectivity index (χ3n) is 24.6. The molecule has 11 nitrogen and oxygen atoms in total. The zero-order chi connectivity index (χ0) is 56.6. The van der Waals surface area contributed by atoms with Crippen LogP contribution in [0.5, 0.6) is 0 Å². The predicted molar refractivity (Wildman–Crippen MR) is 308 cm³/mol. The molecule has 9 unspecified atom stereocenters. The van der Waals surface area contributed by atoms with E-state index in [9.17, 15) is 14.4 Å². The molecule has 3 heterocycles. The first kappa shape index (κ1) is 62.1. The van der Waals surface area contributed by atoms with Crippen LogP contribution in [-0.2, 0) is 52.0 Å². The summed E-state index contributed by atoms with van der Waals surface area (Å²) in [5.41, 5.74) is 0.484. The molecule has 7 fully saturated rings. The van der Waals surface area contributed by atoms with E-state index in [2.05, 4.69) is 110 Å². The van der Waals surface area contributed by atoms with Crippen molar-refractivity contribution >= 4 is 37.3 Å². The van der Waals surface area contributed by atoms with E-state index in [-0.39, 0.29) is 80.0 Å². The lowest BCUT2D eigenvalue weighted by atomic mass is 9.33. The molecule has 4 saturated carbocycles. The van der Waals surface area contributed by atoms with E-state index in [1.165, 1.54) is 18.0 Å². The number of allylic oxidation sites excluding steroid dienone is 2. The van der Waals surface area contributed by atoms with Crippen molar-refractivity contribution in [3.63, 3.8) is 0 Å². The van der Waals surface area contributed by atoms with Gasteiger partial charge in [0.15, 0.2) is 38.1 Å². The lowest BCUT2D eigenvalue weighted by molar-refractivity contribution is -0.376. The molecule has 13 heteroatoms. The van der Waals surface area contributed by atoms with Gasteiger partial charge < -0.3 is 42.4 Å². The molecule has 24 atom stereocenters. The lowest BCUT2D eigenvalue weighted by Crippen LogP contribution is -2.68. The molecule has 0 bridgehead atoms. The molecule has 0 spiro atoms. The largest absolute Gasteiger partial charge is 0.408 e. The van der Waals surface area contributed by atoms with Crippen molar-refractivity contribution in [3.05, 3.63) is 11.6 Å². The molecular weight excluding hydrogens is 1000 g/mol. The third-order valence-corrected chi connectivity index (χ3v) is 30.4. The van der Waals surface area contributed by atoms with Crippen molar-refractivity contribution in [2.45, 2.75) is 269 Å². The van der Waals surface area contributed by atoms with Gasteiger partial charge in [0.05, 0.1) is 42.5 Å². The van der Waals surface area contributed by atoms with E-state index in [0.29, 0.717) is 36.7 Å². The van der Waals surface area contributed by atoms with Crippen LogP contribution in [0.15, 0.2) is 11.6 Å². The second-order valence-corrected chi connectivity index (χ2v) is 34.7. The highest BCUT2D eigenvalue weighted by molar-refractivity contribution is 8.13. The van der Waals surface area contributed by atoms with Gasteiger partial charge >= 0.3 is 0 Å². The van der Waals surface area contributed by atoms with Gasteiger partial charge in [-0.15, -0.1) is 0 Å². The number of carbonyl (C=O) groups is 3. The van der Waals surface area contributed by atoms with Crippen molar-refractivity contribution in [2.24, 2.45) is 85.8 Å². The quantitative estimate of drug-likeness (QED) is 0.0596. The van der Waals surface area contributed by atoms with Crippen molar-refractivity contribution < 1.29 is 52.0 Å². The summed E-state index contributed by atoms with van der Waals surface area (Å²) in [6.45, 7) is 40.9. The van der Waals surface area contributed by atoms with Crippen LogP contribution in [-0.4, -0.2) is 107 Å². The van der Waals surface area contributed by atoms with Crippen LogP contribution in [0.25, 0.3) is 0 Å². The van der Waals surface area contributed by atoms with Crippen molar-refractivity contribution in [1.82, 2.24) is 0 Å². The number of Topliss-reactive ketones (excluding diaryl/α,β-unsaturated/α-hetero) is 1. The summed E-state index contributed by atoms with van der Waals surface area (Å²) in [4.78, 5) is 41.0. The number of fused-ring (bicyclic) bond motifs is 7. The monoisotopic (exact) mass is 1110 g/mol. The zero-order valence-corrected chi connectivity index (χ0v) is 53.4. The fourth-order valence-electron chi connectivity index (χ4n) is 18.4. The lowest BCUT2D eigenvalue weighted by Gasteiger charge is -2.72. The Bertz CT molecular complexity index is 2130. The van der Waals surface area contributed by atoms with Gasteiger partial charge in [0.1, 0.15) is 18.5 Å². The topological polar surface area (TPSA) is 125 Å². The Hall–Kier alpha value is -1.00. The summed E-state index contributed by atoms with van der Waals surface area (Å²) >= 11 is 1.50. The van der Waals surface area contributed by atoms with E-state index < -0.39 is 62.9 Å². The molecule has 0 aromatic carbocycles. The molecule has 0 radical (unpaired) electrons. The summed E-state index contributed by atoms with van der Waals surface area (Å²) in [5, 5.41) is 0.182. The maximum absolute atomic E-state index is 14.4. The number of rotatable bonds is 17. The van der Waals surface area contributed by atoms with E-state index in [0.717, 1.165) is 81.7 Å². The molecule has 8 rings (SSSR count). The molecule has 0 amide bonds. The third kappa shape index (κ3) is 10.6. The number of aldehydes is 1. The Morgan fingerprint density at radius 2 is 1.39 bits per heavy atom. The van der Waals surface area contributed by atoms with Gasteiger partial charge in [0, 0.05) is 37.0 Å². The summed E-state index contributed by atoms with van der Waals surface area (Å²) < 4.78 is 57.2. The first-order valence-electron chi connectivity index (χ1n) is 31.0. The van der Waals surface area contributed by atoms with E-state index >= 15 is 0 Å². The predicted octanol–water partition coefficient (Wildman–Crippen LogP) is 14.0. The molecule has 440 valence electrons. The summed E-state index contributed by atoms with van der Waals surface area (Å²) in [5.74, 6) is 2.16. The van der Waals surface area contributed by atoms with Gasteiger partial charge in [-0.1, -0.05) is 134 Å². The van der Waals surface area contributed by atoms with Crippen LogP contribution < -0.4 is 0 Å². The molecule has 3 aliphatic heterocycles. The van der Waals surface area contributed by atoms with E-state index in [4.69, 9.17) is 37.6 Å². The Kier molecular flexibility index (Phi) is 18.7. The molecule has 0 N–H and O–H groups in total. The average molecular weight is 1110 g/mol. The fourth-order valence-corrected chi connectivity index (χ4v) is 22.3. The van der Waals surface area contributed by atoms with Gasteiger partial charge in [-0.05, 0) is 152 Å². The van der Waals surface area contributed by atoms with Gasteiger partial charge in [-0.3, -0.25) is 9.59 Å². The van der Waals surface area contributed by atoms with Crippen LogP contribution in [0.3, 0.4) is 0 Å². The summed E-state index contributed by atoms with van der Waals surface area (Å²) in [6, 6.07) is 2.98. The van der Waals surface area contributed by atoms with Crippen LogP contribution in [0.4, 0.5) is 0 Å². The second-order valence-electron chi connectivity index (χ2n) is 28.8. The van der Waals surface area contributed by atoms with Crippen LogP contribution in [0.2, 0.25) is 18.1 Å². The molecule has 77 heavy (non-hydrogen) atoms. The van der Waals surface area contributed by atoms with Crippen molar-refractivity contribution in [2.75, 3.05) is 19.5 Å². The maximum atomic E-state index is 14.4. The van der Waals surface area contributed by atoms with Crippen molar-refractivity contribution in [1.29, 1.82) is 0 Å². The highest BCUT2D eigenvalue weighted by Crippen LogP contribution is 2.76. The molecule has 0 aromatic rings. The molecular formula is C64H108O11SSi. The second kappa shape index (κ2) is 23.2. The minimum Gasteiger partial charge on any atom is -0.408 e. The first-order valence-corrected chi connectivity index (χ1v) is 34.6. The van der Waals surface area contributed by atoms with Crippen LogP contribution >= 0.6 is 11.8 Å². The molecule has 0 aromatic heterocycles. The summed E-state index contributed by atoms with van der Waals surface area (Å²) in [7, 11) is -0.259. The van der Waals surface area contributed by atoms with Crippen molar-refractivity contribution in [3.8, 4) is 0 Å². The van der Waals surface area contributed by atoms with Crippen LogP contribution in [0.1, 0.15) is 189 Å². The average Bonchev–Trinajstić information content (AvgIpc) is 3.58. The van der Waals surface area contributed by atoms with Gasteiger partial charge in [0.2, 0.25) is 0 Å². The first-order chi connectivity index (χ1) is 36.1. The highest BCUT2D eigenvalue weighted by Gasteiger charge is 2.71. The number of ketones is 1. The SMILES string of the molecule is CCC1O[C@@H](OC2[C@H](O[C@H]3CCC4(C)C5CC=C6C7CC(C)(C)CC[C@]7(CSC(C)=O)C(OC)C[C@@]6(C)[C@@]5(C)CC[C@H]4[C@@]3(C)C=O)OC(C(C)=O)[C@@H](C)[C@@H]2O[C@@H]2OC[C@@H](C)[C@@H](C)C2C)C(O[Si](CC)(CC)CC)[C@@H](C)[C@@H]1C. The standard InChI is InChI=1S/C64H108O11SSi/c1-20-47-39(7)40(8)54(75-77(21-2,22-3)23-4)57(70-47)74-55-53(73-56-41(9)38(6)37(5)34-69-56)42(10)52(43(11)66)72-58(55)71-50-27-28-60(15)48(61(50,16)35-65)26-29-62(17)49(60)25-24-45-46-32-59(13,14)30-31-64(46,36-76-44(12)67)51(68-19)33-63(45,62)18/h24,35,37-42,46-58H,20-23,25-34,36H2,1-19H3/t37-,38-,39+,40+,41?,42-,46?,47?,48-,49?,50+,51?,52?,53+,54?,55?,56+,57+,58-,60?,61-,62+,63-,64-/m1/s1. The zero-order valence-electron chi connectivity index (χ0n) is 51.6. The Morgan fingerprint density at radius 1 is 0.727 bits per heavy atom. The highest BCUT2D eigenvalue weighted by atomic mass is 32.2. The number of ether oxygens (including phenoxy) is 7. The normalized spacial score (nSPS) is 48.8. The fraction of sp³-hybridized carbons (Fsp3) is 0.922. The number of methoxy groups -OCH3 is 1. The molecule has 8 aliphatic rings. The number of thioether (sulfide) groups is 1. The number of hydrogen-bond donors (Lipinski definition) is 0. The van der Waals surface area contributed by atoms with E-state index in [1.807, 2.05) is 14.0 Å². The van der Waals surface area contributed by atoms with Crippen LogP contribution in [0, 0.1) is 85.8 Å². The Labute approximate surface area is 472 Å². The van der Waals surface area contributed by atoms with Gasteiger partial charge in [0.25, 0.3) is 0 Å². The molecule has 5 aliphatic carbocycles. The Morgan fingerprint density at radius 3 is 2.00 bits per heavy atom. The smallest absolute Gasteiger partial charge is 0.192 e. The van der Waals surface area contributed by atoms with E-state index in [1.54, 1.807) is 19.4 Å². The number of hydrogen-bond acceptors (Lipinski definition) is 12. The van der Waals surface area contributed by atoms with Gasteiger partial charge in [-0.25, -0.2) is 0 Å². The molecule has 3 saturated heterocycles. The Balaban J connectivity index is 1.16. The number of carbonyl (C=O) groups excluding carboxylic acids is 3. The minimum absolute atomic E-state index is 0.0316. The minimum atomic E-state index is -2.17. The summed E-state index contributed by atoms with van der Waals surface area (Å²) in [6.07, 6.45) is 7.76. The van der Waals surface area contributed by atoms with Gasteiger partial charge in [-0.2, -0.15) is 0 Å².